The molecule has 0 aromatic carbocycles. The van der Waals surface area contributed by atoms with E-state index in [0.717, 1.165) is 32.5 Å². The Hall–Kier alpha value is -0.800. The van der Waals surface area contributed by atoms with E-state index in [9.17, 15) is 5.11 Å². The zero-order valence-corrected chi connectivity index (χ0v) is 9.37. The highest BCUT2D eigenvalue weighted by Gasteiger charge is 2.29. The third-order valence-electron chi connectivity index (χ3n) is 3.51. The normalized spacial score (nSPS) is 21.7. The molecule has 0 saturated carbocycles. The Kier molecular flexibility index (Phi) is 3.12. The lowest BCUT2D eigenvalue weighted by Crippen LogP contribution is -2.39. The van der Waals surface area contributed by atoms with Gasteiger partial charge in [0.25, 0.3) is 0 Å². The van der Waals surface area contributed by atoms with Crippen LogP contribution in [0.2, 0.25) is 0 Å². The molecule has 0 amide bonds. The highest BCUT2D eigenvalue weighted by Crippen LogP contribution is 2.30. The molecule has 1 aliphatic heterocycles. The second kappa shape index (κ2) is 4.37. The lowest BCUT2D eigenvalue weighted by atomic mass is 9.81. The molecule has 1 aromatic heterocycles. The average Bonchev–Trinajstić information content (AvgIpc) is 2.75. The number of H-pyrrole nitrogens is 1. The standard InChI is InChI=1S/C12H20N2O/c1-12(10-15)3-6-14(7-4-12)9-11-2-5-13-8-11/h2,5,8,13,15H,3-4,6-7,9-10H2,1H3. The van der Waals surface area contributed by atoms with Crippen LogP contribution in [0.25, 0.3) is 0 Å². The van der Waals surface area contributed by atoms with Crippen molar-refractivity contribution in [2.24, 2.45) is 5.41 Å². The minimum Gasteiger partial charge on any atom is -0.396 e. The predicted molar refractivity (Wildman–Crippen MR) is 60.5 cm³/mol. The monoisotopic (exact) mass is 208 g/mol. The summed E-state index contributed by atoms with van der Waals surface area (Å²) in [5, 5.41) is 9.27. The molecule has 2 rings (SSSR count). The number of aliphatic hydroxyl groups is 1. The number of aliphatic hydroxyl groups excluding tert-OH is 1. The molecule has 0 radical (unpaired) electrons. The zero-order chi connectivity index (χ0) is 10.7. The SMILES string of the molecule is CC1(CO)CCN(Cc2cc[nH]c2)CC1. The van der Waals surface area contributed by atoms with Crippen molar-refractivity contribution in [3.05, 3.63) is 24.0 Å². The fraction of sp³-hybridized carbons (Fsp3) is 0.667. The van der Waals surface area contributed by atoms with Gasteiger partial charge in [-0.1, -0.05) is 6.92 Å². The van der Waals surface area contributed by atoms with E-state index in [-0.39, 0.29) is 5.41 Å². The van der Waals surface area contributed by atoms with Crippen molar-refractivity contribution in [2.75, 3.05) is 19.7 Å². The van der Waals surface area contributed by atoms with E-state index in [0.29, 0.717) is 6.61 Å². The van der Waals surface area contributed by atoms with Crippen molar-refractivity contribution < 1.29 is 5.11 Å². The maximum Gasteiger partial charge on any atom is 0.0485 e. The van der Waals surface area contributed by atoms with Crippen molar-refractivity contribution in [1.29, 1.82) is 0 Å². The molecule has 0 bridgehead atoms. The number of hydrogen-bond acceptors (Lipinski definition) is 2. The smallest absolute Gasteiger partial charge is 0.0485 e. The summed E-state index contributed by atoms with van der Waals surface area (Å²) in [4.78, 5) is 5.54. The topological polar surface area (TPSA) is 39.3 Å². The Morgan fingerprint density at radius 2 is 2.20 bits per heavy atom. The summed E-state index contributed by atoms with van der Waals surface area (Å²) < 4.78 is 0. The zero-order valence-electron chi connectivity index (χ0n) is 9.37. The van der Waals surface area contributed by atoms with Gasteiger partial charge in [-0.15, -0.1) is 0 Å². The Balaban J connectivity index is 1.84. The lowest BCUT2D eigenvalue weighted by molar-refractivity contribution is 0.0557. The van der Waals surface area contributed by atoms with Crippen LogP contribution in [0.15, 0.2) is 18.5 Å². The molecule has 15 heavy (non-hydrogen) atoms. The summed E-state index contributed by atoms with van der Waals surface area (Å²) in [7, 11) is 0. The molecule has 3 heteroatoms. The summed E-state index contributed by atoms with van der Waals surface area (Å²) in [6.07, 6.45) is 6.23. The van der Waals surface area contributed by atoms with Crippen LogP contribution >= 0.6 is 0 Å². The molecule has 0 aliphatic carbocycles. The molecule has 0 spiro atoms. The van der Waals surface area contributed by atoms with Crippen molar-refractivity contribution >= 4 is 0 Å². The number of hydrogen-bond donors (Lipinski definition) is 2. The summed E-state index contributed by atoms with van der Waals surface area (Å²) in [5.74, 6) is 0. The number of likely N-dealkylation sites (tertiary alicyclic amines) is 1. The van der Waals surface area contributed by atoms with Gasteiger partial charge in [-0.25, -0.2) is 0 Å². The maximum atomic E-state index is 9.27. The van der Waals surface area contributed by atoms with E-state index < -0.39 is 0 Å². The molecule has 3 nitrogen and oxygen atoms in total. The van der Waals surface area contributed by atoms with E-state index in [4.69, 9.17) is 0 Å². The minimum atomic E-state index is 0.161. The van der Waals surface area contributed by atoms with E-state index in [1.54, 1.807) is 0 Å². The van der Waals surface area contributed by atoms with Crippen molar-refractivity contribution in [1.82, 2.24) is 9.88 Å². The van der Waals surface area contributed by atoms with Gasteiger partial charge in [0.1, 0.15) is 0 Å². The van der Waals surface area contributed by atoms with Gasteiger partial charge in [0.2, 0.25) is 0 Å². The second-order valence-corrected chi connectivity index (χ2v) is 4.96. The Bertz CT molecular complexity index is 287. The van der Waals surface area contributed by atoms with Gasteiger partial charge in [-0.3, -0.25) is 4.90 Å². The largest absolute Gasteiger partial charge is 0.396 e. The van der Waals surface area contributed by atoms with Crippen molar-refractivity contribution in [3.63, 3.8) is 0 Å². The predicted octanol–water partition coefficient (Wildman–Crippen LogP) is 1.61. The number of piperidine rings is 1. The van der Waals surface area contributed by atoms with Crippen LogP contribution in [-0.4, -0.2) is 34.7 Å². The first-order chi connectivity index (χ1) is 7.22. The van der Waals surface area contributed by atoms with Crippen LogP contribution in [0.5, 0.6) is 0 Å². The van der Waals surface area contributed by atoms with Gasteiger partial charge < -0.3 is 10.1 Å². The van der Waals surface area contributed by atoms with E-state index in [1.165, 1.54) is 5.56 Å². The van der Waals surface area contributed by atoms with Gasteiger partial charge in [0, 0.05) is 25.5 Å². The first kappa shape index (κ1) is 10.7. The molecule has 0 atom stereocenters. The molecule has 2 N–H and O–H groups in total. The molecule has 84 valence electrons. The third kappa shape index (κ3) is 2.61. The number of nitrogens with one attached hydrogen (secondary N) is 1. The molecular weight excluding hydrogens is 188 g/mol. The van der Waals surface area contributed by atoms with Crippen LogP contribution in [-0.2, 0) is 6.54 Å². The summed E-state index contributed by atoms with van der Waals surface area (Å²) >= 11 is 0. The van der Waals surface area contributed by atoms with Crippen LogP contribution in [0.4, 0.5) is 0 Å². The molecule has 0 unspecified atom stereocenters. The Morgan fingerprint density at radius 3 is 2.73 bits per heavy atom. The quantitative estimate of drug-likeness (QED) is 0.792. The van der Waals surface area contributed by atoms with E-state index in [2.05, 4.69) is 29.1 Å². The van der Waals surface area contributed by atoms with Gasteiger partial charge in [-0.05, 0) is 43.0 Å². The first-order valence-corrected chi connectivity index (χ1v) is 5.67. The molecule has 1 fully saturated rings. The van der Waals surface area contributed by atoms with Gasteiger partial charge in [0.15, 0.2) is 0 Å². The van der Waals surface area contributed by atoms with Crippen molar-refractivity contribution in [2.45, 2.75) is 26.3 Å². The Labute approximate surface area is 91.1 Å². The summed E-state index contributed by atoms with van der Waals surface area (Å²) in [6.45, 7) is 5.74. The number of aromatic nitrogens is 1. The minimum absolute atomic E-state index is 0.161. The maximum absolute atomic E-state index is 9.27. The molecule has 2 heterocycles. The van der Waals surface area contributed by atoms with Crippen LogP contribution in [0, 0.1) is 5.41 Å². The molecule has 1 saturated heterocycles. The van der Waals surface area contributed by atoms with Gasteiger partial charge in [0.05, 0.1) is 0 Å². The Morgan fingerprint density at radius 1 is 1.47 bits per heavy atom. The summed E-state index contributed by atoms with van der Waals surface area (Å²) in [6, 6.07) is 2.12. The molecule has 1 aromatic rings. The highest BCUT2D eigenvalue weighted by atomic mass is 16.3. The van der Waals surface area contributed by atoms with E-state index in [1.807, 2.05) is 6.20 Å². The first-order valence-electron chi connectivity index (χ1n) is 5.67. The lowest BCUT2D eigenvalue weighted by Gasteiger charge is -2.38. The van der Waals surface area contributed by atoms with Gasteiger partial charge >= 0.3 is 0 Å². The number of aromatic amines is 1. The third-order valence-corrected chi connectivity index (χ3v) is 3.51. The summed E-state index contributed by atoms with van der Waals surface area (Å²) in [5.41, 5.74) is 1.51. The number of nitrogens with zero attached hydrogens (tertiary/aromatic N) is 1. The van der Waals surface area contributed by atoms with Crippen LogP contribution < -0.4 is 0 Å². The molecular formula is C12H20N2O. The van der Waals surface area contributed by atoms with Crippen LogP contribution in [0.1, 0.15) is 25.3 Å². The number of rotatable bonds is 3. The average molecular weight is 208 g/mol. The fourth-order valence-corrected chi connectivity index (χ4v) is 2.12. The van der Waals surface area contributed by atoms with E-state index >= 15 is 0 Å². The second-order valence-electron chi connectivity index (χ2n) is 4.96. The van der Waals surface area contributed by atoms with Gasteiger partial charge in [-0.2, -0.15) is 0 Å². The molecule has 1 aliphatic rings. The highest BCUT2D eigenvalue weighted by molar-refractivity contribution is 5.08. The fourth-order valence-electron chi connectivity index (χ4n) is 2.12. The van der Waals surface area contributed by atoms with Crippen molar-refractivity contribution in [3.8, 4) is 0 Å². The van der Waals surface area contributed by atoms with Crippen LogP contribution in [0.3, 0.4) is 0 Å².